The van der Waals surface area contributed by atoms with Crippen molar-refractivity contribution in [2.24, 2.45) is 0 Å². The van der Waals surface area contributed by atoms with Crippen molar-refractivity contribution in [2.45, 2.75) is 25.8 Å². The van der Waals surface area contributed by atoms with Crippen LogP contribution in [0.15, 0.2) is 47.1 Å². The molecule has 1 atom stereocenters. The number of rotatable bonds is 7. The average Bonchev–Trinajstić information content (AvgIpc) is 3.39. The van der Waals surface area contributed by atoms with Crippen molar-refractivity contribution in [1.29, 1.82) is 0 Å². The molecule has 0 aliphatic carbocycles. The topological polar surface area (TPSA) is 106 Å². The Hall–Kier alpha value is -3.49. The van der Waals surface area contributed by atoms with Gasteiger partial charge in [0.05, 0.1) is 12.2 Å². The van der Waals surface area contributed by atoms with E-state index in [1.807, 2.05) is 18.2 Å². The summed E-state index contributed by atoms with van der Waals surface area (Å²) in [6, 6.07) is 10.6. The van der Waals surface area contributed by atoms with E-state index in [0.29, 0.717) is 18.1 Å². The third-order valence-electron chi connectivity index (χ3n) is 4.61. The molecular weight excluding hydrogens is 372 g/mol. The average molecular weight is 394 g/mol. The van der Waals surface area contributed by atoms with Gasteiger partial charge in [-0.15, -0.1) is 10.2 Å². The molecule has 4 rings (SSSR count). The maximum atomic E-state index is 11.5. The number of carbonyl (C=O) groups is 1. The van der Waals surface area contributed by atoms with Crippen molar-refractivity contribution in [3.05, 3.63) is 48.6 Å². The summed E-state index contributed by atoms with van der Waals surface area (Å²) in [5.41, 5.74) is 1.82. The van der Waals surface area contributed by atoms with Crippen molar-refractivity contribution in [2.75, 3.05) is 29.9 Å². The predicted molar refractivity (Wildman–Crippen MR) is 106 cm³/mol. The molecule has 2 aromatic heterocycles. The van der Waals surface area contributed by atoms with Crippen LogP contribution in [0.5, 0.6) is 0 Å². The molecule has 150 valence electrons. The number of carbonyl (C=O) groups excluding carboxylic acids is 1. The summed E-state index contributed by atoms with van der Waals surface area (Å²) in [4.78, 5) is 22.5. The lowest BCUT2D eigenvalue weighted by atomic mass is 10.3. The van der Waals surface area contributed by atoms with Crippen LogP contribution in [0.4, 0.5) is 11.6 Å². The lowest BCUT2D eigenvalue weighted by molar-refractivity contribution is -0.142. The Kier molecular flexibility index (Phi) is 5.64. The summed E-state index contributed by atoms with van der Waals surface area (Å²) >= 11 is 0. The molecule has 1 fully saturated rings. The molecule has 0 spiro atoms. The minimum atomic E-state index is -0.403. The molecule has 1 unspecified atom stereocenters. The van der Waals surface area contributed by atoms with Gasteiger partial charge in [0.1, 0.15) is 6.42 Å². The van der Waals surface area contributed by atoms with Crippen molar-refractivity contribution >= 4 is 17.6 Å². The van der Waals surface area contributed by atoms with Crippen LogP contribution in [-0.4, -0.2) is 51.9 Å². The summed E-state index contributed by atoms with van der Waals surface area (Å²) in [5, 5.41) is 11.2. The summed E-state index contributed by atoms with van der Waals surface area (Å²) in [6.07, 6.45) is 4.21. The van der Waals surface area contributed by atoms with Gasteiger partial charge in [0, 0.05) is 37.2 Å². The van der Waals surface area contributed by atoms with Crippen LogP contribution in [0.2, 0.25) is 0 Å². The molecule has 9 heteroatoms. The molecule has 0 amide bonds. The van der Waals surface area contributed by atoms with Crippen LogP contribution in [0.1, 0.15) is 19.2 Å². The number of nitrogens with zero attached hydrogens (tertiary/aromatic N) is 5. The largest absolute Gasteiger partial charge is 0.466 e. The van der Waals surface area contributed by atoms with E-state index in [2.05, 4.69) is 42.5 Å². The zero-order chi connectivity index (χ0) is 20.1. The smallest absolute Gasteiger partial charge is 0.315 e. The van der Waals surface area contributed by atoms with Crippen molar-refractivity contribution in [1.82, 2.24) is 20.2 Å². The number of nitrogens with one attached hydrogen (secondary N) is 1. The van der Waals surface area contributed by atoms with Gasteiger partial charge in [-0.05, 0) is 25.5 Å². The third-order valence-corrected chi connectivity index (χ3v) is 4.61. The highest BCUT2D eigenvalue weighted by Crippen LogP contribution is 2.22. The minimum absolute atomic E-state index is 0.0546. The van der Waals surface area contributed by atoms with Crippen LogP contribution in [0.3, 0.4) is 0 Å². The first-order valence-corrected chi connectivity index (χ1v) is 9.58. The van der Waals surface area contributed by atoms with Crippen LogP contribution >= 0.6 is 0 Å². The van der Waals surface area contributed by atoms with E-state index in [1.54, 1.807) is 19.3 Å². The van der Waals surface area contributed by atoms with Gasteiger partial charge in [-0.2, -0.15) is 0 Å². The second-order valence-electron chi connectivity index (χ2n) is 6.69. The molecular formula is C20H22N6O3. The summed E-state index contributed by atoms with van der Waals surface area (Å²) in [5.74, 6) is 0.624. The Morgan fingerprint density at radius 2 is 2.03 bits per heavy atom. The number of para-hydroxylation sites is 1. The van der Waals surface area contributed by atoms with Crippen molar-refractivity contribution in [3.8, 4) is 11.5 Å². The van der Waals surface area contributed by atoms with E-state index in [4.69, 9.17) is 9.15 Å². The number of hydrogen-bond donors (Lipinski definition) is 1. The maximum Gasteiger partial charge on any atom is 0.315 e. The Labute approximate surface area is 168 Å². The summed E-state index contributed by atoms with van der Waals surface area (Å²) in [6.45, 7) is 3.95. The van der Waals surface area contributed by atoms with Gasteiger partial charge < -0.3 is 19.4 Å². The highest BCUT2D eigenvalue weighted by atomic mass is 16.5. The zero-order valence-electron chi connectivity index (χ0n) is 16.1. The first-order chi connectivity index (χ1) is 14.2. The number of benzene rings is 1. The first kappa shape index (κ1) is 18.9. The van der Waals surface area contributed by atoms with Crippen LogP contribution in [0.25, 0.3) is 11.5 Å². The van der Waals surface area contributed by atoms with Crippen molar-refractivity contribution in [3.63, 3.8) is 0 Å². The maximum absolute atomic E-state index is 11.5. The van der Waals surface area contributed by atoms with E-state index in [0.717, 1.165) is 19.5 Å². The Bertz CT molecular complexity index is 944. The number of aromatic nitrogens is 4. The molecule has 0 radical (unpaired) electrons. The molecule has 1 N–H and O–H groups in total. The van der Waals surface area contributed by atoms with Gasteiger partial charge in [-0.1, -0.05) is 18.2 Å². The van der Waals surface area contributed by atoms with Gasteiger partial charge in [-0.3, -0.25) is 4.79 Å². The van der Waals surface area contributed by atoms with Gasteiger partial charge in [0.25, 0.3) is 5.89 Å². The normalized spacial score (nSPS) is 16.0. The molecule has 29 heavy (non-hydrogen) atoms. The summed E-state index contributed by atoms with van der Waals surface area (Å²) in [7, 11) is 0. The zero-order valence-corrected chi connectivity index (χ0v) is 16.1. The highest BCUT2D eigenvalue weighted by Gasteiger charge is 2.23. The van der Waals surface area contributed by atoms with Gasteiger partial charge in [0.15, 0.2) is 0 Å². The quantitative estimate of drug-likeness (QED) is 0.604. The lowest BCUT2D eigenvalue weighted by Crippen LogP contribution is -2.26. The van der Waals surface area contributed by atoms with E-state index in [1.165, 1.54) is 5.69 Å². The van der Waals surface area contributed by atoms with Gasteiger partial charge in [-0.25, -0.2) is 9.97 Å². The predicted octanol–water partition coefficient (Wildman–Crippen LogP) is 2.32. The molecule has 3 aromatic rings. The fourth-order valence-corrected chi connectivity index (χ4v) is 3.22. The number of esters is 1. The molecule has 0 saturated carbocycles. The molecule has 1 aliphatic rings. The number of anilines is 2. The molecule has 1 aromatic carbocycles. The van der Waals surface area contributed by atoms with Crippen LogP contribution < -0.4 is 10.2 Å². The summed E-state index contributed by atoms with van der Waals surface area (Å²) < 4.78 is 10.4. The molecule has 0 bridgehead atoms. The highest BCUT2D eigenvalue weighted by molar-refractivity contribution is 5.71. The monoisotopic (exact) mass is 394 g/mol. The lowest BCUT2D eigenvalue weighted by Gasteiger charge is -2.18. The Balaban J connectivity index is 1.34. The van der Waals surface area contributed by atoms with Gasteiger partial charge >= 0.3 is 5.97 Å². The fourth-order valence-electron chi connectivity index (χ4n) is 3.22. The van der Waals surface area contributed by atoms with Crippen LogP contribution in [0, 0.1) is 0 Å². The van der Waals surface area contributed by atoms with Gasteiger partial charge in [0.2, 0.25) is 11.8 Å². The van der Waals surface area contributed by atoms with Crippen LogP contribution in [-0.2, 0) is 16.0 Å². The second kappa shape index (κ2) is 8.68. The molecule has 1 aliphatic heterocycles. The minimum Gasteiger partial charge on any atom is -0.466 e. The molecule has 9 nitrogen and oxygen atoms in total. The number of ether oxygens (including phenoxy) is 1. The van der Waals surface area contributed by atoms with E-state index >= 15 is 0 Å². The first-order valence-electron chi connectivity index (χ1n) is 9.58. The number of hydrogen-bond acceptors (Lipinski definition) is 9. The Morgan fingerprint density at radius 1 is 1.24 bits per heavy atom. The molecule has 1 saturated heterocycles. The Morgan fingerprint density at radius 3 is 2.79 bits per heavy atom. The van der Waals surface area contributed by atoms with E-state index < -0.39 is 5.97 Å². The standard InChI is InChI=1S/C20H22N6O3/c1-2-28-18(27)10-17-24-25-19(29-17)14-11-21-20(22-12-14)23-15-8-9-26(13-15)16-6-4-3-5-7-16/h3-7,11-12,15H,2,8-10,13H2,1H3,(H,21,22,23). The SMILES string of the molecule is CCOC(=O)Cc1nnc(-c2cnc(NC3CCN(c4ccccc4)C3)nc2)o1. The van der Waals surface area contributed by atoms with Crippen molar-refractivity contribution < 1.29 is 13.9 Å². The fraction of sp³-hybridized carbons (Fsp3) is 0.350. The van der Waals surface area contributed by atoms with E-state index in [-0.39, 0.29) is 24.2 Å². The molecule has 3 heterocycles. The second-order valence-corrected chi connectivity index (χ2v) is 6.69. The van der Waals surface area contributed by atoms with E-state index in [9.17, 15) is 4.79 Å². The third kappa shape index (κ3) is 4.68.